The SMILES string of the molecule is Cc1cc(C(C)Nc2ccc(Cl)nc2C(=O)O)c2oc(-c3ccc4c(c3)OCO4)c(C)c(=O)c2c1. The highest BCUT2D eigenvalue weighted by atomic mass is 35.5. The van der Waals surface area contributed by atoms with Gasteiger partial charge in [0.2, 0.25) is 6.79 Å². The molecule has 5 rings (SSSR count). The molecular weight excluding hydrogens is 472 g/mol. The third kappa shape index (κ3) is 4.06. The van der Waals surface area contributed by atoms with Gasteiger partial charge in [0, 0.05) is 16.7 Å². The maximum absolute atomic E-state index is 13.4. The fourth-order valence-electron chi connectivity index (χ4n) is 4.23. The summed E-state index contributed by atoms with van der Waals surface area (Å²) < 4.78 is 17.2. The minimum atomic E-state index is -1.21. The van der Waals surface area contributed by atoms with E-state index in [-0.39, 0.29) is 23.1 Å². The van der Waals surface area contributed by atoms with E-state index in [1.807, 2.05) is 26.0 Å². The van der Waals surface area contributed by atoms with Crippen LogP contribution in [0.2, 0.25) is 5.15 Å². The topological polar surface area (TPSA) is 111 Å². The number of benzene rings is 2. The van der Waals surface area contributed by atoms with Crippen LogP contribution in [0.3, 0.4) is 0 Å². The standard InChI is InChI=1S/C26H21ClN2O6/c1-12-8-16(14(3)28-18-5-7-21(27)29-22(18)26(31)32)25-17(9-12)23(30)13(2)24(35-25)15-4-6-19-20(10-15)34-11-33-19/h4-10,14,28H,11H2,1-3H3,(H,31,32). The number of aromatic nitrogens is 1. The van der Waals surface area contributed by atoms with Gasteiger partial charge in [0.15, 0.2) is 22.6 Å². The smallest absolute Gasteiger partial charge is 0.356 e. The predicted octanol–water partition coefficient (Wildman–Crippen LogP) is 5.73. The number of halogens is 1. The van der Waals surface area contributed by atoms with Gasteiger partial charge < -0.3 is 24.3 Å². The van der Waals surface area contributed by atoms with Crippen molar-refractivity contribution in [1.82, 2.24) is 4.98 Å². The molecule has 1 unspecified atom stereocenters. The molecule has 2 aromatic heterocycles. The third-order valence-electron chi connectivity index (χ3n) is 5.93. The van der Waals surface area contributed by atoms with E-state index in [2.05, 4.69) is 10.3 Å². The average Bonchev–Trinajstić information content (AvgIpc) is 3.30. The number of carboxylic acid groups (broad SMARTS) is 1. The molecule has 2 aromatic carbocycles. The molecule has 0 amide bonds. The summed E-state index contributed by atoms with van der Waals surface area (Å²) in [4.78, 5) is 29.0. The Bertz CT molecular complexity index is 1560. The van der Waals surface area contributed by atoms with Gasteiger partial charge >= 0.3 is 5.97 Å². The lowest BCUT2D eigenvalue weighted by atomic mass is 9.98. The monoisotopic (exact) mass is 492 g/mol. The molecular formula is C26H21ClN2O6. The zero-order valence-electron chi connectivity index (χ0n) is 19.1. The highest BCUT2D eigenvalue weighted by Gasteiger charge is 2.22. The Morgan fingerprint density at radius 3 is 2.66 bits per heavy atom. The summed E-state index contributed by atoms with van der Waals surface area (Å²) >= 11 is 5.89. The summed E-state index contributed by atoms with van der Waals surface area (Å²) in [5.74, 6) is 0.441. The number of ether oxygens (including phenoxy) is 2. The second-order valence-electron chi connectivity index (χ2n) is 8.39. The molecule has 178 valence electrons. The van der Waals surface area contributed by atoms with Gasteiger partial charge in [-0.25, -0.2) is 9.78 Å². The van der Waals surface area contributed by atoms with Crippen molar-refractivity contribution < 1.29 is 23.8 Å². The second-order valence-corrected chi connectivity index (χ2v) is 8.77. The number of rotatable bonds is 5. The first kappa shape index (κ1) is 22.7. The number of pyridine rings is 1. The molecule has 0 saturated heterocycles. The minimum Gasteiger partial charge on any atom is -0.476 e. The number of nitrogens with zero attached hydrogens (tertiary/aromatic N) is 1. The van der Waals surface area contributed by atoms with E-state index in [9.17, 15) is 14.7 Å². The highest BCUT2D eigenvalue weighted by Crippen LogP contribution is 2.38. The van der Waals surface area contributed by atoms with Crippen LogP contribution in [0.5, 0.6) is 11.5 Å². The average molecular weight is 493 g/mol. The number of anilines is 1. The molecule has 1 atom stereocenters. The van der Waals surface area contributed by atoms with Crippen LogP contribution >= 0.6 is 11.6 Å². The van der Waals surface area contributed by atoms with Crippen molar-refractivity contribution in [1.29, 1.82) is 0 Å². The van der Waals surface area contributed by atoms with Gasteiger partial charge in [0.25, 0.3) is 0 Å². The molecule has 3 heterocycles. The number of aromatic carboxylic acids is 1. The quantitative estimate of drug-likeness (QED) is 0.340. The number of carboxylic acids is 1. The van der Waals surface area contributed by atoms with Crippen LogP contribution in [-0.2, 0) is 0 Å². The third-order valence-corrected chi connectivity index (χ3v) is 6.14. The molecule has 0 saturated carbocycles. The van der Waals surface area contributed by atoms with Crippen molar-refractivity contribution >= 4 is 34.2 Å². The summed E-state index contributed by atoms with van der Waals surface area (Å²) in [6.45, 7) is 5.62. The molecule has 9 heteroatoms. The number of aryl methyl sites for hydroxylation is 1. The van der Waals surface area contributed by atoms with Crippen molar-refractivity contribution in [3.8, 4) is 22.8 Å². The van der Waals surface area contributed by atoms with E-state index in [4.69, 9.17) is 25.5 Å². The molecule has 0 aliphatic carbocycles. The van der Waals surface area contributed by atoms with Gasteiger partial charge in [-0.05, 0) is 62.7 Å². The van der Waals surface area contributed by atoms with Crippen LogP contribution < -0.4 is 20.2 Å². The Morgan fingerprint density at radius 1 is 1.11 bits per heavy atom. The number of nitrogens with one attached hydrogen (secondary N) is 1. The van der Waals surface area contributed by atoms with Crippen LogP contribution in [0.15, 0.2) is 51.7 Å². The normalized spacial score (nSPS) is 13.1. The summed E-state index contributed by atoms with van der Waals surface area (Å²) in [7, 11) is 0. The predicted molar refractivity (Wildman–Crippen MR) is 132 cm³/mol. The molecule has 0 bridgehead atoms. The Balaban J connectivity index is 1.65. The van der Waals surface area contributed by atoms with Gasteiger partial charge in [0.1, 0.15) is 16.5 Å². The number of fused-ring (bicyclic) bond motifs is 2. The van der Waals surface area contributed by atoms with E-state index in [0.29, 0.717) is 50.6 Å². The zero-order valence-corrected chi connectivity index (χ0v) is 19.9. The van der Waals surface area contributed by atoms with E-state index >= 15 is 0 Å². The van der Waals surface area contributed by atoms with Crippen molar-refractivity contribution in [3.05, 3.63) is 80.2 Å². The lowest BCUT2D eigenvalue weighted by molar-refractivity contribution is 0.0691. The minimum absolute atomic E-state index is 0.0800. The number of carbonyl (C=O) groups is 1. The summed E-state index contributed by atoms with van der Waals surface area (Å²) in [5, 5.41) is 13.3. The number of hydrogen-bond donors (Lipinski definition) is 2. The molecule has 35 heavy (non-hydrogen) atoms. The molecule has 2 N–H and O–H groups in total. The zero-order chi connectivity index (χ0) is 24.9. The second kappa shape index (κ2) is 8.63. The van der Waals surface area contributed by atoms with Gasteiger partial charge in [-0.2, -0.15) is 0 Å². The van der Waals surface area contributed by atoms with E-state index in [1.165, 1.54) is 6.07 Å². The van der Waals surface area contributed by atoms with Crippen molar-refractivity contribution in [3.63, 3.8) is 0 Å². The first-order valence-electron chi connectivity index (χ1n) is 10.9. The highest BCUT2D eigenvalue weighted by molar-refractivity contribution is 6.29. The van der Waals surface area contributed by atoms with Crippen molar-refractivity contribution in [2.75, 3.05) is 12.1 Å². The summed E-state index contributed by atoms with van der Waals surface area (Å²) in [6.07, 6.45) is 0. The Hall–Kier alpha value is -4.04. The molecule has 0 spiro atoms. The Morgan fingerprint density at radius 2 is 1.89 bits per heavy atom. The largest absolute Gasteiger partial charge is 0.476 e. The number of hydrogen-bond acceptors (Lipinski definition) is 7. The molecule has 8 nitrogen and oxygen atoms in total. The van der Waals surface area contributed by atoms with Gasteiger partial charge in [0.05, 0.1) is 17.1 Å². The molecule has 1 aliphatic rings. The van der Waals surface area contributed by atoms with Gasteiger partial charge in [-0.1, -0.05) is 17.7 Å². The molecule has 4 aromatic rings. The molecule has 0 radical (unpaired) electrons. The van der Waals surface area contributed by atoms with Gasteiger partial charge in [-0.15, -0.1) is 0 Å². The summed E-state index contributed by atoms with van der Waals surface area (Å²) in [6, 6.07) is 11.7. The lowest BCUT2D eigenvalue weighted by Gasteiger charge is -2.19. The Labute approximate surface area is 205 Å². The van der Waals surface area contributed by atoms with Crippen LogP contribution in [0.25, 0.3) is 22.3 Å². The first-order valence-corrected chi connectivity index (χ1v) is 11.2. The fourth-order valence-corrected chi connectivity index (χ4v) is 4.38. The maximum Gasteiger partial charge on any atom is 0.356 e. The van der Waals surface area contributed by atoms with Crippen LogP contribution in [0.4, 0.5) is 5.69 Å². The van der Waals surface area contributed by atoms with Gasteiger partial charge in [-0.3, -0.25) is 4.79 Å². The van der Waals surface area contributed by atoms with Crippen molar-refractivity contribution in [2.24, 2.45) is 0 Å². The first-order chi connectivity index (χ1) is 16.7. The van der Waals surface area contributed by atoms with E-state index < -0.39 is 12.0 Å². The van der Waals surface area contributed by atoms with Crippen molar-refractivity contribution in [2.45, 2.75) is 26.8 Å². The fraction of sp³-hybridized carbons (Fsp3) is 0.192. The van der Waals surface area contributed by atoms with Crippen LogP contribution in [0, 0.1) is 13.8 Å². The maximum atomic E-state index is 13.4. The molecule has 1 aliphatic heterocycles. The molecule has 0 fully saturated rings. The van der Waals surface area contributed by atoms with Crippen LogP contribution in [-0.4, -0.2) is 22.9 Å². The lowest BCUT2D eigenvalue weighted by Crippen LogP contribution is -2.14. The van der Waals surface area contributed by atoms with E-state index in [1.54, 1.807) is 31.2 Å². The van der Waals surface area contributed by atoms with Crippen LogP contribution in [0.1, 0.15) is 40.1 Å². The van der Waals surface area contributed by atoms with E-state index in [0.717, 1.165) is 5.56 Å². The Kier molecular flexibility index (Phi) is 5.61. The summed E-state index contributed by atoms with van der Waals surface area (Å²) in [5.41, 5.74) is 3.11.